The highest BCUT2D eigenvalue weighted by atomic mass is 32.2. The Morgan fingerprint density at radius 1 is 1.12 bits per heavy atom. The molecule has 2 aromatic carbocycles. The molecule has 1 N–H and O–H groups in total. The van der Waals surface area contributed by atoms with Gasteiger partial charge in [0.25, 0.3) is 0 Å². The van der Waals surface area contributed by atoms with E-state index in [2.05, 4.69) is 4.98 Å². The van der Waals surface area contributed by atoms with Crippen LogP contribution in [0.1, 0.15) is 9.67 Å². The summed E-state index contributed by atoms with van der Waals surface area (Å²) < 4.78 is 6.22. The Labute approximate surface area is 152 Å². The lowest BCUT2D eigenvalue weighted by Gasteiger charge is -2.04. The number of ether oxygens (including phenoxy) is 1. The van der Waals surface area contributed by atoms with Gasteiger partial charge >= 0.3 is 5.97 Å². The molecule has 0 bridgehead atoms. The Kier molecular flexibility index (Phi) is 4.07. The van der Waals surface area contributed by atoms with Gasteiger partial charge in [0.15, 0.2) is 10.6 Å². The van der Waals surface area contributed by atoms with Crippen LogP contribution in [-0.2, 0) is 0 Å². The minimum atomic E-state index is -0.568. The summed E-state index contributed by atoms with van der Waals surface area (Å²) in [5, 5.41) is 12.9. The molecule has 0 amide bonds. The molecule has 0 aliphatic rings. The zero-order valence-corrected chi connectivity index (χ0v) is 14.9. The number of para-hydroxylation sites is 2. The van der Waals surface area contributed by atoms with Crippen LogP contribution in [0.25, 0.3) is 21.0 Å². The molecule has 2 aromatic heterocycles. The van der Waals surface area contributed by atoms with Gasteiger partial charge in [-0.2, -0.15) is 0 Å². The third kappa shape index (κ3) is 2.73. The average Bonchev–Trinajstić information content (AvgIpc) is 3.00. The summed E-state index contributed by atoms with van der Waals surface area (Å²) in [6.07, 6.45) is 1.90. The second-order valence-electron chi connectivity index (χ2n) is 5.32. The molecule has 6 heteroatoms. The first-order chi connectivity index (χ1) is 12.2. The predicted molar refractivity (Wildman–Crippen MR) is 102 cm³/mol. The van der Waals surface area contributed by atoms with Crippen molar-refractivity contribution in [3.63, 3.8) is 0 Å². The van der Waals surface area contributed by atoms with E-state index in [1.807, 2.05) is 36.6 Å². The van der Waals surface area contributed by atoms with Crippen LogP contribution in [0.2, 0.25) is 0 Å². The van der Waals surface area contributed by atoms with Crippen LogP contribution in [0.4, 0.5) is 0 Å². The summed E-state index contributed by atoms with van der Waals surface area (Å²) in [5.74, 6) is -0.193. The van der Waals surface area contributed by atoms with Crippen molar-refractivity contribution in [1.82, 2.24) is 4.98 Å². The van der Waals surface area contributed by atoms with E-state index in [9.17, 15) is 9.90 Å². The number of carbonyl (C=O) groups excluding carboxylic acids is 1. The third-order valence-corrected chi connectivity index (χ3v) is 5.67. The maximum absolute atomic E-state index is 12.5. The number of nitrogens with zero attached hydrogens (tertiary/aromatic N) is 1. The van der Waals surface area contributed by atoms with Crippen molar-refractivity contribution >= 4 is 50.1 Å². The standard InChI is InChI=1S/C19H13NO3S2/c1-24-18-14-15(21)17(19(22)23-11-7-3-2-4-8-11)25-16(14)12-9-5-6-10-13(12)20-18/h2-10,21H,1H3. The summed E-state index contributed by atoms with van der Waals surface area (Å²) in [6.45, 7) is 0. The molecule has 0 radical (unpaired) electrons. The molecular formula is C19H13NO3S2. The van der Waals surface area contributed by atoms with Crippen molar-refractivity contribution in [2.24, 2.45) is 0 Å². The van der Waals surface area contributed by atoms with Crippen LogP contribution in [0.3, 0.4) is 0 Å². The molecule has 124 valence electrons. The number of fused-ring (bicyclic) bond motifs is 3. The highest BCUT2D eigenvalue weighted by molar-refractivity contribution is 7.98. The second kappa shape index (κ2) is 6.38. The molecular weight excluding hydrogens is 354 g/mol. The number of carbonyl (C=O) groups is 1. The highest BCUT2D eigenvalue weighted by Gasteiger charge is 2.24. The van der Waals surface area contributed by atoms with Crippen molar-refractivity contribution in [1.29, 1.82) is 0 Å². The van der Waals surface area contributed by atoms with E-state index in [0.717, 1.165) is 15.6 Å². The number of pyridine rings is 1. The van der Waals surface area contributed by atoms with Crippen LogP contribution in [0.15, 0.2) is 59.6 Å². The lowest BCUT2D eigenvalue weighted by molar-refractivity contribution is 0.0737. The number of thiophene rings is 1. The number of aromatic nitrogens is 1. The van der Waals surface area contributed by atoms with Gasteiger partial charge < -0.3 is 9.84 Å². The Hall–Kier alpha value is -2.57. The number of thioether (sulfide) groups is 1. The third-order valence-electron chi connectivity index (χ3n) is 3.80. The van der Waals surface area contributed by atoms with Crippen LogP contribution < -0.4 is 4.74 Å². The van der Waals surface area contributed by atoms with E-state index in [-0.39, 0.29) is 10.6 Å². The van der Waals surface area contributed by atoms with Crippen LogP contribution >= 0.6 is 23.1 Å². The summed E-state index contributed by atoms with van der Waals surface area (Å²) in [7, 11) is 0. The molecule has 0 saturated carbocycles. The Balaban J connectivity index is 1.89. The van der Waals surface area contributed by atoms with E-state index in [4.69, 9.17) is 4.74 Å². The largest absolute Gasteiger partial charge is 0.505 e. The minimum absolute atomic E-state index is 0.0662. The second-order valence-corrected chi connectivity index (χ2v) is 7.14. The van der Waals surface area contributed by atoms with Gasteiger partial charge in [-0.25, -0.2) is 9.78 Å². The fourth-order valence-electron chi connectivity index (χ4n) is 2.67. The monoisotopic (exact) mass is 367 g/mol. The molecule has 0 aliphatic heterocycles. The Morgan fingerprint density at radius 2 is 1.84 bits per heavy atom. The molecule has 2 heterocycles. The predicted octanol–water partition coefficient (Wildman–Crippen LogP) is 5.10. The Morgan fingerprint density at radius 3 is 2.60 bits per heavy atom. The first-order valence-electron chi connectivity index (χ1n) is 7.54. The Bertz CT molecular complexity index is 1090. The van der Waals surface area contributed by atoms with Gasteiger partial charge in [-0.05, 0) is 24.5 Å². The van der Waals surface area contributed by atoms with Gasteiger partial charge in [0.1, 0.15) is 10.8 Å². The van der Waals surface area contributed by atoms with E-state index in [1.165, 1.54) is 23.1 Å². The molecule has 25 heavy (non-hydrogen) atoms. The van der Waals surface area contributed by atoms with E-state index in [1.54, 1.807) is 24.3 Å². The lowest BCUT2D eigenvalue weighted by atomic mass is 10.2. The van der Waals surface area contributed by atoms with E-state index in [0.29, 0.717) is 16.2 Å². The first kappa shape index (κ1) is 15.9. The lowest BCUT2D eigenvalue weighted by Crippen LogP contribution is -2.06. The maximum atomic E-state index is 12.5. The van der Waals surface area contributed by atoms with Crippen molar-refractivity contribution < 1.29 is 14.6 Å². The van der Waals surface area contributed by atoms with Crippen LogP contribution in [0.5, 0.6) is 11.5 Å². The topological polar surface area (TPSA) is 59.4 Å². The molecule has 4 aromatic rings. The van der Waals surface area contributed by atoms with Crippen molar-refractivity contribution in [2.75, 3.05) is 6.26 Å². The first-order valence-corrected chi connectivity index (χ1v) is 9.58. The molecule has 0 fully saturated rings. The van der Waals surface area contributed by atoms with Gasteiger partial charge in [-0.3, -0.25) is 0 Å². The van der Waals surface area contributed by atoms with Gasteiger partial charge in [0, 0.05) is 5.39 Å². The molecule has 0 saturated heterocycles. The normalized spacial score (nSPS) is 11.1. The molecule has 4 rings (SSSR count). The zero-order valence-electron chi connectivity index (χ0n) is 13.2. The van der Waals surface area contributed by atoms with Gasteiger partial charge in [-0.1, -0.05) is 36.4 Å². The average molecular weight is 367 g/mol. The number of hydrogen-bond acceptors (Lipinski definition) is 6. The number of esters is 1. The highest BCUT2D eigenvalue weighted by Crippen LogP contribution is 2.44. The van der Waals surface area contributed by atoms with Crippen molar-refractivity contribution in [3.8, 4) is 11.5 Å². The number of rotatable bonds is 3. The SMILES string of the molecule is CSc1nc2ccccc2c2sc(C(=O)Oc3ccccc3)c(O)c12. The van der Waals surface area contributed by atoms with E-state index < -0.39 is 5.97 Å². The van der Waals surface area contributed by atoms with Gasteiger partial charge in [0.2, 0.25) is 0 Å². The maximum Gasteiger partial charge on any atom is 0.357 e. The summed E-state index contributed by atoms with van der Waals surface area (Å²) >= 11 is 2.67. The number of benzene rings is 2. The zero-order chi connectivity index (χ0) is 17.4. The van der Waals surface area contributed by atoms with Crippen molar-refractivity contribution in [3.05, 3.63) is 59.5 Å². The molecule has 0 aliphatic carbocycles. The molecule has 0 atom stereocenters. The molecule has 0 unspecified atom stereocenters. The summed E-state index contributed by atoms with van der Waals surface area (Å²) in [6, 6.07) is 16.5. The number of aromatic hydroxyl groups is 1. The van der Waals surface area contributed by atoms with E-state index >= 15 is 0 Å². The van der Waals surface area contributed by atoms with Gasteiger partial charge in [-0.15, -0.1) is 23.1 Å². The fraction of sp³-hybridized carbons (Fsp3) is 0.0526. The minimum Gasteiger partial charge on any atom is -0.505 e. The summed E-state index contributed by atoms with van der Waals surface area (Å²) in [4.78, 5) is 17.3. The molecule has 4 nitrogen and oxygen atoms in total. The quantitative estimate of drug-likeness (QED) is 0.310. The smallest absolute Gasteiger partial charge is 0.357 e. The van der Waals surface area contributed by atoms with Crippen molar-refractivity contribution in [2.45, 2.75) is 5.03 Å². The fourth-order valence-corrected chi connectivity index (χ4v) is 4.43. The number of hydrogen-bond donors (Lipinski definition) is 1. The van der Waals surface area contributed by atoms with Crippen LogP contribution in [0, 0.1) is 0 Å². The van der Waals surface area contributed by atoms with Crippen LogP contribution in [-0.4, -0.2) is 22.3 Å². The molecule has 0 spiro atoms. The summed E-state index contributed by atoms with van der Waals surface area (Å²) in [5.41, 5.74) is 0.837. The van der Waals surface area contributed by atoms with Gasteiger partial charge in [0.05, 0.1) is 15.6 Å².